The molecule has 224 valence electrons. The summed E-state index contributed by atoms with van der Waals surface area (Å²) < 4.78 is 44.0. The van der Waals surface area contributed by atoms with Crippen molar-refractivity contribution in [2.24, 2.45) is 5.92 Å². The molecule has 0 bridgehead atoms. The van der Waals surface area contributed by atoms with E-state index < -0.39 is 29.7 Å². The number of H-pyrrole nitrogens is 1. The van der Waals surface area contributed by atoms with E-state index in [1.54, 1.807) is 18.2 Å². The topological polar surface area (TPSA) is 104 Å². The fraction of sp³-hybridized carbons (Fsp3) is 0.312. The highest BCUT2D eigenvalue weighted by Gasteiger charge is 2.35. The van der Waals surface area contributed by atoms with E-state index in [-0.39, 0.29) is 29.5 Å². The highest BCUT2D eigenvalue weighted by atomic mass is 19.4. The monoisotopic (exact) mass is 592 g/mol. The summed E-state index contributed by atoms with van der Waals surface area (Å²) in [4.78, 5) is 47.8. The number of fused-ring (bicyclic) bond motifs is 2. The number of nitrogens with zero attached hydrogens (tertiary/aromatic N) is 2. The zero-order valence-electron chi connectivity index (χ0n) is 23.9. The Morgan fingerprint density at radius 3 is 2.51 bits per heavy atom. The van der Waals surface area contributed by atoms with Crippen LogP contribution in [-0.4, -0.2) is 39.9 Å². The molecule has 0 radical (unpaired) electrons. The van der Waals surface area contributed by atoms with Crippen molar-refractivity contribution in [3.63, 3.8) is 0 Å². The number of para-hydroxylation sites is 1. The van der Waals surface area contributed by atoms with E-state index in [2.05, 4.69) is 20.2 Å². The standard InChI is InChI=1S/C32H31F3N4O4/c1-18(2)29-28-22(17-39(29)16-19-8-10-23(11-9-19)32(33,34)35)12-21(15-36-28)30(41)38-26(31(42)43-3)13-20-14-27(40)37-25-7-5-4-6-24(20)25/h4-12,14-15,18,26,29H,13,16-17H2,1-3H3,(H,37,40)(H,38,41). The van der Waals surface area contributed by atoms with Crippen molar-refractivity contribution in [2.75, 3.05) is 7.11 Å². The zero-order valence-corrected chi connectivity index (χ0v) is 23.9. The number of carbonyl (C=O) groups excluding carboxylic acids is 2. The molecule has 4 aromatic rings. The molecule has 5 rings (SSSR count). The van der Waals surface area contributed by atoms with Gasteiger partial charge in [0.1, 0.15) is 6.04 Å². The number of benzene rings is 2. The van der Waals surface area contributed by atoms with E-state index in [0.717, 1.165) is 34.3 Å². The normalized spacial score (nSPS) is 15.8. The zero-order chi connectivity index (χ0) is 30.9. The van der Waals surface area contributed by atoms with Gasteiger partial charge >= 0.3 is 12.1 Å². The minimum Gasteiger partial charge on any atom is -0.467 e. The largest absolute Gasteiger partial charge is 0.467 e. The van der Waals surface area contributed by atoms with Crippen molar-refractivity contribution in [3.8, 4) is 0 Å². The molecule has 43 heavy (non-hydrogen) atoms. The van der Waals surface area contributed by atoms with Crippen LogP contribution in [-0.2, 0) is 35.2 Å². The third-order valence-corrected chi connectivity index (χ3v) is 7.66. The van der Waals surface area contributed by atoms with Crippen molar-refractivity contribution in [1.82, 2.24) is 20.2 Å². The average molecular weight is 593 g/mol. The molecule has 1 amide bonds. The highest BCUT2D eigenvalue weighted by molar-refractivity contribution is 5.97. The molecule has 11 heteroatoms. The number of carbonyl (C=O) groups is 2. The number of halogens is 3. The number of rotatable bonds is 8. The molecule has 1 aliphatic heterocycles. The van der Waals surface area contributed by atoms with Crippen LogP contribution in [0.25, 0.3) is 10.9 Å². The number of nitrogens with one attached hydrogen (secondary N) is 2. The summed E-state index contributed by atoms with van der Waals surface area (Å²) >= 11 is 0. The first-order chi connectivity index (χ1) is 20.4. The number of hydrogen-bond acceptors (Lipinski definition) is 6. The number of aromatic nitrogens is 2. The Morgan fingerprint density at radius 1 is 1.12 bits per heavy atom. The molecule has 0 aliphatic carbocycles. The molecule has 2 atom stereocenters. The van der Waals surface area contributed by atoms with Gasteiger partial charge in [-0.1, -0.05) is 44.2 Å². The number of esters is 1. The number of pyridine rings is 2. The summed E-state index contributed by atoms with van der Waals surface area (Å²) in [5.74, 6) is -1.04. The van der Waals surface area contributed by atoms with Crippen molar-refractivity contribution in [1.29, 1.82) is 0 Å². The summed E-state index contributed by atoms with van der Waals surface area (Å²) in [7, 11) is 1.23. The molecular weight excluding hydrogens is 561 g/mol. The van der Waals surface area contributed by atoms with Crippen molar-refractivity contribution < 1.29 is 27.5 Å². The smallest absolute Gasteiger partial charge is 0.416 e. The van der Waals surface area contributed by atoms with Crippen LogP contribution >= 0.6 is 0 Å². The fourth-order valence-electron chi connectivity index (χ4n) is 5.70. The lowest BCUT2D eigenvalue weighted by Crippen LogP contribution is -2.43. The first-order valence-electron chi connectivity index (χ1n) is 13.8. The first-order valence-corrected chi connectivity index (χ1v) is 13.8. The van der Waals surface area contributed by atoms with Crippen LogP contribution in [0.4, 0.5) is 13.2 Å². The molecule has 2 N–H and O–H groups in total. The molecule has 0 fully saturated rings. The van der Waals surface area contributed by atoms with Gasteiger partial charge in [0.2, 0.25) is 5.56 Å². The molecule has 2 aromatic carbocycles. The molecule has 0 saturated heterocycles. The number of hydrogen-bond donors (Lipinski definition) is 2. The Labute approximate surface area is 245 Å². The van der Waals surface area contributed by atoms with Crippen LogP contribution in [0.15, 0.2) is 71.7 Å². The number of alkyl halides is 3. The maximum atomic E-state index is 13.4. The third-order valence-electron chi connectivity index (χ3n) is 7.66. The first kappa shape index (κ1) is 30.0. The highest BCUT2D eigenvalue weighted by Crippen LogP contribution is 2.39. The van der Waals surface area contributed by atoms with Crippen molar-refractivity contribution >= 4 is 22.8 Å². The van der Waals surface area contributed by atoms with Gasteiger partial charge in [0.25, 0.3) is 5.91 Å². The maximum absolute atomic E-state index is 13.4. The summed E-state index contributed by atoms with van der Waals surface area (Å²) in [6.07, 6.45) is -2.90. The van der Waals surface area contributed by atoms with Gasteiger partial charge < -0.3 is 15.0 Å². The Kier molecular flexibility index (Phi) is 8.36. The number of ether oxygens (including phenoxy) is 1. The Bertz CT molecular complexity index is 1720. The van der Waals surface area contributed by atoms with Crippen molar-refractivity contribution in [2.45, 2.75) is 51.6 Å². The van der Waals surface area contributed by atoms with Crippen LogP contribution in [0.2, 0.25) is 0 Å². The average Bonchev–Trinajstić information content (AvgIpc) is 3.33. The number of aromatic amines is 1. The molecular formula is C32H31F3N4O4. The molecule has 3 heterocycles. The van der Waals surface area contributed by atoms with Crippen LogP contribution in [0.5, 0.6) is 0 Å². The second-order valence-corrected chi connectivity index (χ2v) is 11.0. The van der Waals surface area contributed by atoms with Crippen molar-refractivity contribution in [3.05, 3.63) is 111 Å². The number of methoxy groups -OCH3 is 1. The summed E-state index contributed by atoms with van der Waals surface area (Å²) in [5.41, 5.74) is 2.79. The Morgan fingerprint density at radius 2 is 1.84 bits per heavy atom. The van der Waals surface area contributed by atoms with Gasteiger partial charge in [0, 0.05) is 42.7 Å². The van der Waals surface area contributed by atoms with E-state index in [4.69, 9.17) is 4.74 Å². The predicted octanol–water partition coefficient (Wildman–Crippen LogP) is 5.17. The lowest BCUT2D eigenvalue weighted by Gasteiger charge is -2.27. The third kappa shape index (κ3) is 6.46. The molecule has 1 aliphatic rings. The Hall–Kier alpha value is -4.51. The lowest BCUT2D eigenvalue weighted by atomic mass is 9.99. The molecule has 0 saturated carbocycles. The summed E-state index contributed by atoms with van der Waals surface area (Å²) in [5, 5.41) is 3.49. The van der Waals surface area contributed by atoms with Crippen LogP contribution in [0, 0.1) is 5.92 Å². The number of amides is 1. The van der Waals surface area contributed by atoms with Gasteiger partial charge in [-0.05, 0) is 46.9 Å². The van der Waals surface area contributed by atoms with Gasteiger partial charge in [-0.3, -0.25) is 19.5 Å². The molecule has 2 unspecified atom stereocenters. The molecule has 0 spiro atoms. The summed E-state index contributed by atoms with van der Waals surface area (Å²) in [6, 6.07) is 14.3. The molecule has 2 aromatic heterocycles. The van der Waals surface area contributed by atoms with E-state index >= 15 is 0 Å². The fourth-order valence-corrected chi connectivity index (χ4v) is 5.70. The van der Waals surface area contributed by atoms with E-state index in [1.807, 2.05) is 26.0 Å². The SMILES string of the molecule is COC(=O)C(Cc1cc(=O)[nH]c2ccccc12)NC(=O)c1cnc2c(c1)CN(Cc1ccc(C(F)(F)F)cc1)C2C(C)C. The second kappa shape index (κ2) is 12.0. The van der Waals surface area contributed by atoms with Gasteiger partial charge in [0.05, 0.1) is 30.0 Å². The minimum atomic E-state index is -4.40. The van der Waals surface area contributed by atoms with E-state index in [9.17, 15) is 27.6 Å². The van der Waals surface area contributed by atoms with E-state index in [0.29, 0.717) is 24.2 Å². The lowest BCUT2D eigenvalue weighted by molar-refractivity contribution is -0.142. The van der Waals surface area contributed by atoms with Gasteiger partial charge in [0.15, 0.2) is 0 Å². The van der Waals surface area contributed by atoms with Gasteiger partial charge in [-0.25, -0.2) is 4.79 Å². The second-order valence-electron chi connectivity index (χ2n) is 11.0. The maximum Gasteiger partial charge on any atom is 0.416 e. The van der Waals surface area contributed by atoms with Crippen LogP contribution in [0.3, 0.4) is 0 Å². The Balaban J connectivity index is 1.35. The minimum absolute atomic E-state index is 0.0392. The quantitative estimate of drug-likeness (QED) is 0.274. The predicted molar refractivity (Wildman–Crippen MR) is 154 cm³/mol. The summed E-state index contributed by atoms with van der Waals surface area (Å²) in [6.45, 7) is 4.95. The van der Waals surface area contributed by atoms with E-state index in [1.165, 1.54) is 31.5 Å². The van der Waals surface area contributed by atoms with Gasteiger partial charge in [-0.15, -0.1) is 0 Å². The molecule has 8 nitrogen and oxygen atoms in total. The van der Waals surface area contributed by atoms with Crippen LogP contribution < -0.4 is 10.9 Å². The van der Waals surface area contributed by atoms with Gasteiger partial charge in [-0.2, -0.15) is 13.2 Å². The van der Waals surface area contributed by atoms with Crippen LogP contribution in [0.1, 0.15) is 58.2 Å².